The number of nitrogens with two attached hydrogens (primary N) is 1. The lowest BCUT2D eigenvalue weighted by Crippen LogP contribution is -2.50. The molecule has 2 heterocycles. The van der Waals surface area contributed by atoms with Gasteiger partial charge in [-0.3, -0.25) is 0 Å². The van der Waals surface area contributed by atoms with E-state index in [1.54, 1.807) is 0 Å². The number of piperidine rings is 2. The molecule has 2 N–H and O–H groups in total. The molecule has 0 aromatic heterocycles. The number of hydrogen-bond acceptors (Lipinski definition) is 2. The number of rotatable bonds is 1. The van der Waals surface area contributed by atoms with Crippen molar-refractivity contribution in [3.63, 3.8) is 0 Å². The number of urea groups is 1. The summed E-state index contributed by atoms with van der Waals surface area (Å²) in [6.07, 6.45) is 5.70. The molecule has 0 aromatic rings. The van der Waals surface area contributed by atoms with Crippen LogP contribution in [0.2, 0.25) is 0 Å². The van der Waals surface area contributed by atoms with E-state index in [1.165, 1.54) is 19.3 Å². The second-order valence-electron chi connectivity index (χ2n) is 5.83. The van der Waals surface area contributed by atoms with E-state index in [9.17, 15) is 4.79 Å². The first-order valence-electron chi connectivity index (χ1n) is 6.89. The van der Waals surface area contributed by atoms with E-state index >= 15 is 0 Å². The van der Waals surface area contributed by atoms with Crippen LogP contribution in [0.15, 0.2) is 0 Å². The highest BCUT2D eigenvalue weighted by Crippen LogP contribution is 2.30. The molecule has 4 heteroatoms. The molecule has 2 saturated heterocycles. The Labute approximate surface area is 104 Å². The van der Waals surface area contributed by atoms with Crippen molar-refractivity contribution in [1.82, 2.24) is 9.80 Å². The maximum absolute atomic E-state index is 12.3. The van der Waals surface area contributed by atoms with E-state index in [4.69, 9.17) is 5.73 Å². The van der Waals surface area contributed by atoms with Gasteiger partial charge in [0.1, 0.15) is 0 Å². The molecule has 98 valence electrons. The van der Waals surface area contributed by atoms with Gasteiger partial charge in [0.15, 0.2) is 0 Å². The topological polar surface area (TPSA) is 49.6 Å². The fourth-order valence-corrected chi connectivity index (χ4v) is 2.73. The fraction of sp³-hybridized carbons (Fsp3) is 0.923. The summed E-state index contributed by atoms with van der Waals surface area (Å²) in [5.41, 5.74) is 6.04. The molecule has 4 nitrogen and oxygen atoms in total. The highest BCUT2D eigenvalue weighted by Gasteiger charge is 2.32. The summed E-state index contributed by atoms with van der Waals surface area (Å²) in [5, 5.41) is 0. The van der Waals surface area contributed by atoms with Gasteiger partial charge >= 0.3 is 6.03 Å². The molecule has 17 heavy (non-hydrogen) atoms. The van der Waals surface area contributed by atoms with Gasteiger partial charge in [-0.25, -0.2) is 4.79 Å². The van der Waals surface area contributed by atoms with E-state index in [2.05, 4.69) is 6.92 Å². The zero-order valence-corrected chi connectivity index (χ0v) is 11.0. The Morgan fingerprint density at radius 3 is 2.12 bits per heavy atom. The van der Waals surface area contributed by atoms with Crippen molar-refractivity contribution in [2.75, 3.05) is 32.7 Å². The molecule has 2 fully saturated rings. The zero-order chi connectivity index (χ0) is 12.3. The van der Waals surface area contributed by atoms with Gasteiger partial charge in [0.2, 0.25) is 0 Å². The van der Waals surface area contributed by atoms with Crippen LogP contribution in [0.3, 0.4) is 0 Å². The van der Waals surface area contributed by atoms with Gasteiger partial charge in [-0.1, -0.05) is 6.92 Å². The van der Waals surface area contributed by atoms with Gasteiger partial charge in [0.05, 0.1) is 0 Å². The number of carbonyl (C=O) groups is 1. The minimum atomic E-state index is 0.249. The Kier molecular flexibility index (Phi) is 3.92. The third kappa shape index (κ3) is 2.92. The molecule has 0 saturated carbocycles. The molecule has 2 aliphatic rings. The quantitative estimate of drug-likeness (QED) is 0.756. The Hall–Kier alpha value is -0.770. The molecule has 2 aliphatic heterocycles. The van der Waals surface area contributed by atoms with Gasteiger partial charge in [-0.15, -0.1) is 0 Å². The van der Waals surface area contributed by atoms with Gasteiger partial charge in [0, 0.05) is 26.2 Å². The molecule has 2 amide bonds. The van der Waals surface area contributed by atoms with Crippen LogP contribution < -0.4 is 5.73 Å². The van der Waals surface area contributed by atoms with E-state index < -0.39 is 0 Å². The Morgan fingerprint density at radius 1 is 1.06 bits per heavy atom. The minimum Gasteiger partial charge on any atom is -0.330 e. The molecule has 0 spiro atoms. The largest absolute Gasteiger partial charge is 0.330 e. The normalized spacial score (nSPS) is 24.8. The number of hydrogen-bond donors (Lipinski definition) is 1. The van der Waals surface area contributed by atoms with Crippen molar-refractivity contribution in [3.8, 4) is 0 Å². The predicted molar refractivity (Wildman–Crippen MR) is 68.8 cm³/mol. The summed E-state index contributed by atoms with van der Waals surface area (Å²) in [4.78, 5) is 16.3. The van der Waals surface area contributed by atoms with E-state index in [-0.39, 0.29) is 11.4 Å². The molecular weight excluding hydrogens is 214 g/mol. The first-order valence-corrected chi connectivity index (χ1v) is 6.89. The zero-order valence-electron chi connectivity index (χ0n) is 11.0. The van der Waals surface area contributed by atoms with Crippen molar-refractivity contribution in [1.29, 1.82) is 0 Å². The maximum Gasteiger partial charge on any atom is 0.319 e. The monoisotopic (exact) mass is 239 g/mol. The van der Waals surface area contributed by atoms with Gasteiger partial charge in [0.25, 0.3) is 0 Å². The SMILES string of the molecule is CC1(CN)CCN(C(=O)N2CCCCC2)CC1. The van der Waals surface area contributed by atoms with Crippen LogP contribution in [0.5, 0.6) is 0 Å². The number of likely N-dealkylation sites (tertiary alicyclic amines) is 2. The van der Waals surface area contributed by atoms with Crippen molar-refractivity contribution < 1.29 is 4.79 Å². The summed E-state index contributed by atoms with van der Waals surface area (Å²) in [7, 11) is 0. The summed E-state index contributed by atoms with van der Waals surface area (Å²) in [6.45, 7) is 6.62. The number of carbonyl (C=O) groups excluding carboxylic acids is 1. The van der Waals surface area contributed by atoms with Gasteiger partial charge in [-0.2, -0.15) is 0 Å². The average Bonchev–Trinajstić information content (AvgIpc) is 2.40. The van der Waals surface area contributed by atoms with Crippen LogP contribution in [0, 0.1) is 5.41 Å². The van der Waals surface area contributed by atoms with Gasteiger partial charge in [-0.05, 0) is 44.1 Å². The first kappa shape index (κ1) is 12.7. The lowest BCUT2D eigenvalue weighted by molar-refractivity contribution is 0.103. The smallest absolute Gasteiger partial charge is 0.319 e. The van der Waals surface area contributed by atoms with Crippen LogP contribution in [-0.4, -0.2) is 48.6 Å². The van der Waals surface area contributed by atoms with Crippen LogP contribution in [0.1, 0.15) is 39.0 Å². The van der Waals surface area contributed by atoms with Crippen molar-refractivity contribution in [3.05, 3.63) is 0 Å². The second-order valence-corrected chi connectivity index (χ2v) is 5.83. The molecule has 2 rings (SSSR count). The molecule has 0 atom stereocenters. The number of nitrogens with zero attached hydrogens (tertiary/aromatic N) is 2. The molecule has 0 aliphatic carbocycles. The predicted octanol–water partition coefficient (Wildman–Crippen LogP) is 1.65. The summed E-state index contributed by atoms with van der Waals surface area (Å²) in [5.74, 6) is 0. The van der Waals surface area contributed by atoms with Crippen LogP contribution in [-0.2, 0) is 0 Å². The van der Waals surface area contributed by atoms with Crippen molar-refractivity contribution in [2.24, 2.45) is 11.1 Å². The van der Waals surface area contributed by atoms with E-state index in [1.807, 2.05) is 9.80 Å². The van der Waals surface area contributed by atoms with Crippen LogP contribution in [0.25, 0.3) is 0 Å². The molecular formula is C13H25N3O. The highest BCUT2D eigenvalue weighted by atomic mass is 16.2. The van der Waals surface area contributed by atoms with Crippen LogP contribution >= 0.6 is 0 Å². The molecule has 0 bridgehead atoms. The van der Waals surface area contributed by atoms with Crippen molar-refractivity contribution in [2.45, 2.75) is 39.0 Å². The number of amides is 2. The molecule has 0 aromatic carbocycles. The van der Waals surface area contributed by atoms with Crippen LogP contribution in [0.4, 0.5) is 4.79 Å². The first-order chi connectivity index (χ1) is 8.14. The summed E-state index contributed by atoms with van der Waals surface area (Å²) in [6, 6.07) is 0.253. The Bertz CT molecular complexity index is 266. The maximum atomic E-state index is 12.3. The average molecular weight is 239 g/mol. The van der Waals surface area contributed by atoms with E-state index in [0.717, 1.165) is 45.6 Å². The Balaban J connectivity index is 1.85. The lowest BCUT2D eigenvalue weighted by Gasteiger charge is -2.41. The van der Waals surface area contributed by atoms with Gasteiger partial charge < -0.3 is 15.5 Å². The minimum absolute atomic E-state index is 0.249. The highest BCUT2D eigenvalue weighted by molar-refractivity contribution is 5.74. The standard InChI is InChI=1S/C13H25N3O/c1-13(11-14)5-9-16(10-6-13)12(17)15-7-3-2-4-8-15/h2-11,14H2,1H3. The summed E-state index contributed by atoms with van der Waals surface area (Å²) < 4.78 is 0. The third-order valence-electron chi connectivity index (χ3n) is 4.36. The molecule has 0 radical (unpaired) electrons. The van der Waals surface area contributed by atoms with E-state index in [0.29, 0.717) is 0 Å². The molecule has 0 unspecified atom stereocenters. The Morgan fingerprint density at radius 2 is 1.59 bits per heavy atom. The fourth-order valence-electron chi connectivity index (χ4n) is 2.73. The summed E-state index contributed by atoms with van der Waals surface area (Å²) >= 11 is 0. The second kappa shape index (κ2) is 5.25. The third-order valence-corrected chi connectivity index (χ3v) is 4.36. The lowest BCUT2D eigenvalue weighted by atomic mass is 9.80. The van der Waals surface area contributed by atoms with Crippen molar-refractivity contribution >= 4 is 6.03 Å².